The van der Waals surface area contributed by atoms with E-state index in [-0.39, 0.29) is 11.3 Å². The molecule has 0 aliphatic heterocycles. The van der Waals surface area contributed by atoms with Gasteiger partial charge < -0.3 is 10.2 Å². The van der Waals surface area contributed by atoms with Gasteiger partial charge in [-0.3, -0.25) is 9.59 Å². The van der Waals surface area contributed by atoms with Crippen molar-refractivity contribution in [1.29, 1.82) is 0 Å². The minimum Gasteiger partial charge on any atom is -0.480 e. The van der Waals surface area contributed by atoms with E-state index in [1.165, 1.54) is 12.1 Å². The lowest BCUT2D eigenvalue weighted by molar-refractivity contribution is -0.145. The topological polar surface area (TPSA) is 112 Å². The van der Waals surface area contributed by atoms with Crippen LogP contribution in [0.5, 0.6) is 0 Å². The van der Waals surface area contributed by atoms with Crippen LogP contribution in [0.1, 0.15) is 17.9 Å². The fourth-order valence-electron chi connectivity index (χ4n) is 4.96. The van der Waals surface area contributed by atoms with Gasteiger partial charge in [0.25, 0.3) is 0 Å². The number of benzene rings is 4. The Kier molecular flexibility index (Phi) is 7.03. The summed E-state index contributed by atoms with van der Waals surface area (Å²) in [4.78, 5) is 24.2. The molecular formula is C30H24ClNO6S. The Balaban J connectivity index is 1.48. The molecule has 39 heavy (non-hydrogen) atoms. The van der Waals surface area contributed by atoms with Crippen molar-refractivity contribution in [2.75, 3.05) is 6.54 Å². The normalized spacial score (nSPS) is 18.6. The van der Waals surface area contributed by atoms with E-state index in [9.17, 15) is 28.2 Å². The van der Waals surface area contributed by atoms with E-state index < -0.39 is 40.0 Å². The number of rotatable bonds is 9. The SMILES string of the molecule is O=C(O)CN(C1(C(=O)O)CC1c1ccc(-c2ccccc2)cc1)S(=O)(=O)c1ccc(-c2ccc(Cl)cc2)cc1. The first kappa shape index (κ1) is 26.6. The first-order valence-corrected chi connectivity index (χ1v) is 13.9. The van der Waals surface area contributed by atoms with Crippen LogP contribution in [-0.2, 0) is 19.6 Å². The predicted octanol–water partition coefficient (Wildman–Crippen LogP) is 5.76. The Morgan fingerprint density at radius 3 is 1.77 bits per heavy atom. The van der Waals surface area contributed by atoms with Crippen LogP contribution < -0.4 is 0 Å². The highest BCUT2D eigenvalue weighted by molar-refractivity contribution is 7.89. The molecule has 0 amide bonds. The number of carboxylic acids is 2. The molecule has 1 aliphatic carbocycles. The number of hydrogen-bond acceptors (Lipinski definition) is 4. The molecular weight excluding hydrogens is 538 g/mol. The van der Waals surface area contributed by atoms with Gasteiger partial charge in [0.05, 0.1) is 4.90 Å². The third-order valence-corrected chi connectivity index (χ3v) is 9.22. The minimum absolute atomic E-state index is 0.0393. The third kappa shape index (κ3) is 5.06. The number of sulfonamides is 1. The average Bonchev–Trinajstić information content (AvgIpc) is 3.70. The van der Waals surface area contributed by atoms with E-state index in [2.05, 4.69) is 0 Å². The summed E-state index contributed by atoms with van der Waals surface area (Å²) in [5.41, 5.74) is 2.17. The Hall–Kier alpha value is -3.98. The van der Waals surface area contributed by atoms with Crippen LogP contribution in [0.15, 0.2) is 108 Å². The van der Waals surface area contributed by atoms with Crippen molar-refractivity contribution in [3.05, 3.63) is 114 Å². The fraction of sp³-hybridized carbons (Fsp3) is 0.133. The molecule has 0 bridgehead atoms. The van der Waals surface area contributed by atoms with Crippen LogP contribution in [0.25, 0.3) is 22.3 Å². The number of nitrogens with zero attached hydrogens (tertiary/aromatic N) is 1. The Bertz CT molecular complexity index is 1620. The minimum atomic E-state index is -4.48. The number of carbonyl (C=O) groups is 2. The van der Waals surface area contributed by atoms with Crippen LogP contribution in [0.2, 0.25) is 5.02 Å². The summed E-state index contributed by atoms with van der Waals surface area (Å²) in [6.07, 6.45) is -0.0393. The molecule has 9 heteroatoms. The molecule has 1 aliphatic rings. The first-order valence-electron chi connectivity index (χ1n) is 12.1. The number of halogens is 1. The first-order chi connectivity index (χ1) is 18.6. The molecule has 7 nitrogen and oxygen atoms in total. The van der Waals surface area contributed by atoms with Gasteiger partial charge in [0.15, 0.2) is 0 Å². The second kappa shape index (κ2) is 10.3. The van der Waals surface area contributed by atoms with E-state index in [0.717, 1.165) is 22.3 Å². The van der Waals surface area contributed by atoms with Gasteiger partial charge in [0.1, 0.15) is 12.1 Å². The molecule has 0 radical (unpaired) electrons. The zero-order valence-corrected chi connectivity index (χ0v) is 22.1. The summed E-state index contributed by atoms with van der Waals surface area (Å²) in [5, 5.41) is 20.4. The summed E-state index contributed by atoms with van der Waals surface area (Å²) in [5.74, 6) is -3.54. The molecule has 1 fully saturated rings. The Morgan fingerprint density at radius 1 is 0.769 bits per heavy atom. The van der Waals surface area contributed by atoms with Gasteiger partial charge in [0, 0.05) is 10.9 Å². The van der Waals surface area contributed by atoms with Gasteiger partial charge >= 0.3 is 11.9 Å². The smallest absolute Gasteiger partial charge is 0.325 e. The molecule has 4 aromatic carbocycles. The molecule has 2 N–H and O–H groups in total. The van der Waals surface area contributed by atoms with Gasteiger partial charge in [0.2, 0.25) is 10.0 Å². The second-order valence-electron chi connectivity index (χ2n) is 9.41. The zero-order chi connectivity index (χ0) is 27.8. The molecule has 1 saturated carbocycles. The molecule has 2 unspecified atom stereocenters. The molecule has 5 rings (SSSR count). The van der Waals surface area contributed by atoms with Gasteiger partial charge in [-0.05, 0) is 58.5 Å². The summed E-state index contributed by atoms with van der Waals surface area (Å²) < 4.78 is 28.1. The molecule has 198 valence electrons. The van der Waals surface area contributed by atoms with Crippen molar-refractivity contribution in [2.45, 2.75) is 22.8 Å². The van der Waals surface area contributed by atoms with Crippen molar-refractivity contribution in [3.8, 4) is 22.3 Å². The standard InChI is InChI=1S/C30H24ClNO6S/c31-25-14-10-22(11-15-25)23-12-16-26(17-13-23)39(37,38)32(19-28(33)34)30(29(35)36)18-27(30)24-8-6-21(7-9-24)20-4-2-1-3-5-20/h1-17,27H,18-19H2,(H,33,34)(H,35,36). The average molecular weight is 562 g/mol. The fourth-order valence-corrected chi connectivity index (χ4v) is 6.80. The van der Waals surface area contributed by atoms with Crippen LogP contribution in [0.3, 0.4) is 0 Å². The highest BCUT2D eigenvalue weighted by atomic mass is 35.5. The van der Waals surface area contributed by atoms with Gasteiger partial charge in [-0.2, -0.15) is 4.31 Å². The largest absolute Gasteiger partial charge is 0.480 e. The maximum atomic E-state index is 13.7. The third-order valence-electron chi connectivity index (χ3n) is 7.07. The lowest BCUT2D eigenvalue weighted by Gasteiger charge is -2.28. The highest BCUT2D eigenvalue weighted by Crippen LogP contribution is 2.57. The van der Waals surface area contributed by atoms with Crippen molar-refractivity contribution in [3.63, 3.8) is 0 Å². The summed E-state index contributed by atoms with van der Waals surface area (Å²) in [6, 6.07) is 29.8. The van der Waals surface area contributed by atoms with Crippen molar-refractivity contribution >= 4 is 33.6 Å². The summed E-state index contributed by atoms with van der Waals surface area (Å²) >= 11 is 5.95. The van der Waals surface area contributed by atoms with E-state index in [4.69, 9.17) is 11.6 Å². The summed E-state index contributed by atoms with van der Waals surface area (Å²) in [7, 11) is -4.48. The van der Waals surface area contributed by atoms with Crippen molar-refractivity contribution in [1.82, 2.24) is 4.31 Å². The van der Waals surface area contributed by atoms with Crippen LogP contribution in [0.4, 0.5) is 0 Å². The lowest BCUT2D eigenvalue weighted by atomic mass is 10.0. The zero-order valence-electron chi connectivity index (χ0n) is 20.6. The number of carboxylic acid groups (broad SMARTS) is 2. The number of aliphatic carboxylic acids is 2. The molecule has 0 spiro atoms. The van der Waals surface area contributed by atoms with E-state index in [1.807, 2.05) is 42.5 Å². The lowest BCUT2D eigenvalue weighted by Crippen LogP contribution is -2.50. The van der Waals surface area contributed by atoms with Gasteiger partial charge in [-0.25, -0.2) is 8.42 Å². The van der Waals surface area contributed by atoms with E-state index in [1.54, 1.807) is 48.5 Å². The van der Waals surface area contributed by atoms with Gasteiger partial charge in [-0.1, -0.05) is 90.5 Å². The molecule has 4 aromatic rings. The highest BCUT2D eigenvalue weighted by Gasteiger charge is 2.68. The monoisotopic (exact) mass is 561 g/mol. The maximum absolute atomic E-state index is 13.7. The van der Waals surface area contributed by atoms with Crippen molar-refractivity contribution in [2.24, 2.45) is 0 Å². The molecule has 2 atom stereocenters. The Labute approximate surface area is 231 Å². The number of hydrogen-bond donors (Lipinski definition) is 2. The second-order valence-corrected chi connectivity index (χ2v) is 11.7. The van der Waals surface area contributed by atoms with Crippen molar-refractivity contribution < 1.29 is 28.2 Å². The van der Waals surface area contributed by atoms with E-state index >= 15 is 0 Å². The maximum Gasteiger partial charge on any atom is 0.325 e. The van der Waals surface area contributed by atoms with Gasteiger partial charge in [-0.15, -0.1) is 0 Å². The Morgan fingerprint density at radius 2 is 1.26 bits per heavy atom. The van der Waals surface area contributed by atoms with Crippen LogP contribution in [0, 0.1) is 0 Å². The van der Waals surface area contributed by atoms with Crippen LogP contribution in [-0.4, -0.2) is 47.0 Å². The molecule has 0 saturated heterocycles. The quantitative estimate of drug-likeness (QED) is 0.269. The summed E-state index contributed by atoms with van der Waals surface area (Å²) in [6.45, 7) is -0.980. The molecule has 0 heterocycles. The molecule has 0 aromatic heterocycles. The predicted molar refractivity (Wildman–Crippen MR) is 148 cm³/mol. The van der Waals surface area contributed by atoms with E-state index in [0.29, 0.717) is 14.9 Å². The van der Waals surface area contributed by atoms with Crippen LogP contribution >= 0.6 is 11.6 Å².